The number of nitrogens with two attached hydrogens (primary N) is 1. The average Bonchev–Trinajstić information content (AvgIpc) is 2.15. The van der Waals surface area contributed by atoms with E-state index in [0.29, 0.717) is 6.04 Å². The molecule has 1 heterocycles. The van der Waals surface area contributed by atoms with Crippen LogP contribution in [0.4, 0.5) is 0 Å². The molecule has 1 saturated heterocycles. The predicted molar refractivity (Wildman–Crippen MR) is 41.9 cm³/mol. The lowest BCUT2D eigenvalue weighted by atomic mass is 9.92. The number of carbonyl (C=O) groups excluding carboxylic acids is 1. The second-order valence-electron chi connectivity index (χ2n) is 3.51. The smallest absolute Gasteiger partial charge is 0.239 e. The molecule has 3 nitrogen and oxygen atoms in total. The highest BCUT2D eigenvalue weighted by Crippen LogP contribution is 2.27. The summed E-state index contributed by atoms with van der Waals surface area (Å²) >= 11 is 0. The number of likely N-dealkylation sites (tertiary alicyclic amines) is 1. The number of rotatable bonds is 1. The minimum Gasteiger partial charge on any atom is -0.338 e. The van der Waals surface area contributed by atoms with Crippen LogP contribution < -0.4 is 5.73 Å². The molecular weight excluding hydrogens is 140 g/mol. The molecule has 1 atom stereocenters. The van der Waals surface area contributed by atoms with Crippen molar-refractivity contribution in [3.8, 4) is 0 Å². The Morgan fingerprint density at radius 3 is 2.45 bits per heavy atom. The van der Waals surface area contributed by atoms with Gasteiger partial charge in [-0.1, -0.05) is 0 Å². The highest BCUT2D eigenvalue weighted by Gasteiger charge is 2.35. The quantitative estimate of drug-likeness (QED) is 0.582. The van der Waals surface area contributed by atoms with Gasteiger partial charge in [0.1, 0.15) is 0 Å². The predicted octanol–water partition coefficient (Wildman–Crippen LogP) is 0.0985. The number of amides is 1. The van der Waals surface area contributed by atoms with E-state index in [2.05, 4.69) is 0 Å². The van der Waals surface area contributed by atoms with E-state index in [1.807, 2.05) is 4.90 Å². The van der Waals surface area contributed by atoms with Gasteiger partial charge in [-0.15, -0.1) is 0 Å². The van der Waals surface area contributed by atoms with Gasteiger partial charge in [-0.2, -0.15) is 0 Å². The van der Waals surface area contributed by atoms with E-state index >= 15 is 0 Å². The summed E-state index contributed by atoms with van der Waals surface area (Å²) in [4.78, 5) is 13.3. The van der Waals surface area contributed by atoms with Crippen molar-refractivity contribution in [3.05, 3.63) is 0 Å². The molecule has 2 rings (SSSR count). The van der Waals surface area contributed by atoms with E-state index < -0.39 is 0 Å². The maximum atomic E-state index is 11.3. The van der Waals surface area contributed by atoms with E-state index in [4.69, 9.17) is 5.73 Å². The lowest BCUT2D eigenvalue weighted by Crippen LogP contribution is -2.44. The Morgan fingerprint density at radius 1 is 1.36 bits per heavy atom. The zero-order valence-electron chi connectivity index (χ0n) is 6.62. The van der Waals surface area contributed by atoms with Crippen LogP contribution in [0, 0.1) is 0 Å². The molecule has 62 valence electrons. The second kappa shape index (κ2) is 2.48. The highest BCUT2D eigenvalue weighted by molar-refractivity contribution is 5.84. The molecule has 2 aliphatic rings. The highest BCUT2D eigenvalue weighted by atomic mass is 16.2. The number of hydrogen-bond acceptors (Lipinski definition) is 2. The monoisotopic (exact) mass is 154 g/mol. The molecule has 11 heavy (non-hydrogen) atoms. The Hall–Kier alpha value is -0.570. The molecule has 0 aromatic rings. The number of carbonyl (C=O) groups is 1. The van der Waals surface area contributed by atoms with Gasteiger partial charge in [0.2, 0.25) is 5.91 Å². The fourth-order valence-corrected chi connectivity index (χ4v) is 1.79. The van der Waals surface area contributed by atoms with Gasteiger partial charge in [0, 0.05) is 12.6 Å². The SMILES string of the molecule is N[C@@H]1CCN(C2CCC2)C1=O. The molecule has 1 amide bonds. The number of nitrogens with zero attached hydrogens (tertiary/aromatic N) is 1. The van der Waals surface area contributed by atoms with Crippen LogP contribution >= 0.6 is 0 Å². The molecule has 2 N–H and O–H groups in total. The summed E-state index contributed by atoms with van der Waals surface area (Å²) in [7, 11) is 0. The van der Waals surface area contributed by atoms with Gasteiger partial charge in [-0.25, -0.2) is 0 Å². The maximum Gasteiger partial charge on any atom is 0.239 e. The van der Waals surface area contributed by atoms with Crippen LogP contribution in [0.1, 0.15) is 25.7 Å². The summed E-state index contributed by atoms with van der Waals surface area (Å²) in [5, 5.41) is 0. The van der Waals surface area contributed by atoms with Gasteiger partial charge >= 0.3 is 0 Å². The largest absolute Gasteiger partial charge is 0.338 e. The normalized spacial score (nSPS) is 32.6. The maximum absolute atomic E-state index is 11.3. The van der Waals surface area contributed by atoms with Gasteiger partial charge < -0.3 is 10.6 Å². The van der Waals surface area contributed by atoms with Gasteiger partial charge in [-0.05, 0) is 25.7 Å². The van der Waals surface area contributed by atoms with Crippen LogP contribution in [0.2, 0.25) is 0 Å². The Bertz CT molecular complexity index is 177. The molecule has 0 aromatic heterocycles. The zero-order chi connectivity index (χ0) is 7.84. The van der Waals surface area contributed by atoms with Crippen molar-refractivity contribution in [2.24, 2.45) is 5.73 Å². The molecule has 1 saturated carbocycles. The van der Waals surface area contributed by atoms with Gasteiger partial charge in [0.25, 0.3) is 0 Å². The summed E-state index contributed by atoms with van der Waals surface area (Å²) in [5.41, 5.74) is 5.59. The van der Waals surface area contributed by atoms with Crippen molar-refractivity contribution in [1.29, 1.82) is 0 Å². The van der Waals surface area contributed by atoms with Crippen molar-refractivity contribution in [2.45, 2.75) is 37.8 Å². The van der Waals surface area contributed by atoms with Crippen LogP contribution in [-0.4, -0.2) is 29.4 Å². The van der Waals surface area contributed by atoms with Crippen molar-refractivity contribution in [3.63, 3.8) is 0 Å². The summed E-state index contributed by atoms with van der Waals surface area (Å²) in [5.74, 6) is 0.176. The van der Waals surface area contributed by atoms with E-state index in [-0.39, 0.29) is 11.9 Å². The van der Waals surface area contributed by atoms with Gasteiger partial charge in [0.15, 0.2) is 0 Å². The first-order valence-electron chi connectivity index (χ1n) is 4.35. The van der Waals surface area contributed by atoms with Crippen molar-refractivity contribution in [1.82, 2.24) is 4.90 Å². The van der Waals surface area contributed by atoms with E-state index in [9.17, 15) is 4.79 Å². The van der Waals surface area contributed by atoms with Gasteiger partial charge in [-0.3, -0.25) is 4.79 Å². The summed E-state index contributed by atoms with van der Waals surface area (Å²) < 4.78 is 0. The fraction of sp³-hybridized carbons (Fsp3) is 0.875. The van der Waals surface area contributed by atoms with Crippen molar-refractivity contribution < 1.29 is 4.79 Å². The third-order valence-corrected chi connectivity index (χ3v) is 2.80. The van der Waals surface area contributed by atoms with Crippen LogP contribution in [0.15, 0.2) is 0 Å². The summed E-state index contributed by atoms with van der Waals surface area (Å²) in [6.07, 6.45) is 4.52. The van der Waals surface area contributed by atoms with Gasteiger partial charge in [0.05, 0.1) is 6.04 Å². The topological polar surface area (TPSA) is 46.3 Å². The Morgan fingerprint density at radius 2 is 2.09 bits per heavy atom. The Labute approximate surface area is 66.5 Å². The Kier molecular flexibility index (Phi) is 1.60. The third kappa shape index (κ3) is 1.03. The average molecular weight is 154 g/mol. The molecule has 1 aliphatic carbocycles. The summed E-state index contributed by atoms with van der Waals surface area (Å²) in [6, 6.07) is 0.339. The minimum atomic E-state index is -0.199. The lowest BCUT2D eigenvalue weighted by molar-refractivity contribution is -0.132. The first kappa shape index (κ1) is 7.10. The fourth-order valence-electron chi connectivity index (χ4n) is 1.79. The molecule has 0 radical (unpaired) electrons. The van der Waals surface area contributed by atoms with E-state index in [0.717, 1.165) is 13.0 Å². The molecule has 0 aromatic carbocycles. The first-order chi connectivity index (χ1) is 5.29. The van der Waals surface area contributed by atoms with Crippen molar-refractivity contribution in [2.75, 3.05) is 6.54 Å². The molecule has 0 bridgehead atoms. The minimum absolute atomic E-state index is 0.176. The van der Waals surface area contributed by atoms with Crippen LogP contribution in [0.25, 0.3) is 0 Å². The Balaban J connectivity index is 1.98. The molecule has 0 spiro atoms. The van der Waals surface area contributed by atoms with E-state index in [1.54, 1.807) is 0 Å². The molecule has 1 aliphatic heterocycles. The van der Waals surface area contributed by atoms with E-state index in [1.165, 1.54) is 19.3 Å². The standard InChI is InChI=1S/C8H14N2O/c9-7-4-5-10(8(7)11)6-2-1-3-6/h6-7H,1-5,9H2/t7-/m1/s1. The molecule has 2 fully saturated rings. The van der Waals surface area contributed by atoms with Crippen LogP contribution in [0.5, 0.6) is 0 Å². The molecule has 3 heteroatoms. The van der Waals surface area contributed by atoms with Crippen molar-refractivity contribution >= 4 is 5.91 Å². The van der Waals surface area contributed by atoms with Crippen LogP contribution in [-0.2, 0) is 4.79 Å². The third-order valence-electron chi connectivity index (χ3n) is 2.80. The number of hydrogen-bond donors (Lipinski definition) is 1. The zero-order valence-corrected chi connectivity index (χ0v) is 6.62. The second-order valence-corrected chi connectivity index (χ2v) is 3.51. The first-order valence-corrected chi connectivity index (χ1v) is 4.35. The van der Waals surface area contributed by atoms with Crippen LogP contribution in [0.3, 0.4) is 0 Å². The lowest BCUT2D eigenvalue weighted by Gasteiger charge is -2.34. The summed E-state index contributed by atoms with van der Waals surface area (Å²) in [6.45, 7) is 0.894. The molecule has 0 unspecified atom stereocenters. The molecular formula is C8H14N2O.